The van der Waals surface area contributed by atoms with E-state index >= 15 is 0 Å². The third-order valence-corrected chi connectivity index (χ3v) is 2.03. The van der Waals surface area contributed by atoms with E-state index in [0.717, 1.165) is 16.1 Å². The monoisotopic (exact) mass is 180 g/mol. The molecule has 3 heteroatoms. The number of aromatic nitrogens is 2. The van der Waals surface area contributed by atoms with Gasteiger partial charge in [0.15, 0.2) is 0 Å². The van der Waals surface area contributed by atoms with Crippen molar-refractivity contribution < 1.29 is 4.73 Å². The molecule has 0 saturated carbocycles. The van der Waals surface area contributed by atoms with Crippen LogP contribution in [0.3, 0.4) is 0 Å². The molecule has 0 fully saturated rings. The molecule has 0 N–H and O–H groups in total. The van der Waals surface area contributed by atoms with E-state index in [0.29, 0.717) is 5.92 Å². The molecule has 72 valence electrons. The van der Waals surface area contributed by atoms with Crippen LogP contribution in [0.15, 0.2) is 12.4 Å². The fraction of sp³-hybridized carbons (Fsp3) is 0.600. The van der Waals surface area contributed by atoms with Gasteiger partial charge in [-0.2, -0.15) is 4.73 Å². The lowest BCUT2D eigenvalue weighted by Gasteiger charge is -2.09. The molecular weight excluding hydrogens is 164 g/mol. The van der Waals surface area contributed by atoms with Gasteiger partial charge in [0.05, 0.1) is 6.20 Å². The van der Waals surface area contributed by atoms with Crippen LogP contribution >= 0.6 is 0 Å². The summed E-state index contributed by atoms with van der Waals surface area (Å²) in [5, 5.41) is 11.5. The highest BCUT2D eigenvalue weighted by atomic mass is 16.5. The number of hydrogen-bond donors (Lipinski definition) is 0. The highest BCUT2D eigenvalue weighted by Gasteiger charge is 2.13. The van der Waals surface area contributed by atoms with Crippen LogP contribution in [0.5, 0.6) is 0 Å². The van der Waals surface area contributed by atoms with E-state index in [1.807, 2.05) is 27.7 Å². The van der Waals surface area contributed by atoms with Gasteiger partial charge >= 0.3 is 0 Å². The van der Waals surface area contributed by atoms with Gasteiger partial charge in [-0.15, -0.1) is 0 Å². The first-order valence-corrected chi connectivity index (χ1v) is 4.61. The highest BCUT2D eigenvalue weighted by Crippen LogP contribution is 2.12. The average molecular weight is 180 g/mol. The van der Waals surface area contributed by atoms with E-state index < -0.39 is 0 Å². The third kappa shape index (κ3) is 2.17. The van der Waals surface area contributed by atoms with Crippen molar-refractivity contribution in [2.24, 2.45) is 0 Å². The molecule has 0 saturated heterocycles. The minimum absolute atomic E-state index is 0.228. The normalized spacial score (nSPS) is 11.2. The number of nitrogens with zero attached hydrogens (tertiary/aromatic N) is 2. The van der Waals surface area contributed by atoms with Crippen molar-refractivity contribution in [1.82, 2.24) is 4.98 Å². The summed E-state index contributed by atoms with van der Waals surface area (Å²) in [7, 11) is 0. The SMILES string of the molecule is CC(C)c1c[n+]([O-])c(C(C)C)cn1. The molecule has 13 heavy (non-hydrogen) atoms. The van der Waals surface area contributed by atoms with Crippen molar-refractivity contribution >= 4 is 0 Å². The van der Waals surface area contributed by atoms with Gasteiger partial charge in [-0.3, -0.25) is 0 Å². The molecule has 1 aromatic heterocycles. The molecule has 0 radical (unpaired) electrons. The fourth-order valence-electron chi connectivity index (χ4n) is 1.13. The van der Waals surface area contributed by atoms with Gasteiger partial charge in [0.25, 0.3) is 0 Å². The van der Waals surface area contributed by atoms with Gasteiger partial charge in [0.1, 0.15) is 5.69 Å². The molecule has 0 aliphatic carbocycles. The Morgan fingerprint density at radius 1 is 1.23 bits per heavy atom. The third-order valence-electron chi connectivity index (χ3n) is 2.03. The second-order valence-electron chi connectivity index (χ2n) is 3.87. The van der Waals surface area contributed by atoms with E-state index in [1.54, 1.807) is 12.4 Å². The summed E-state index contributed by atoms with van der Waals surface area (Å²) in [6, 6.07) is 0. The standard InChI is InChI=1S/C10H16N2O/c1-7(2)9-6-12(13)10(5-11-9)8(3)4/h5-8H,1-4H3. The predicted molar refractivity (Wildman–Crippen MR) is 51.4 cm³/mol. The van der Waals surface area contributed by atoms with Gasteiger partial charge in [0.2, 0.25) is 11.9 Å². The van der Waals surface area contributed by atoms with Gasteiger partial charge in [-0.1, -0.05) is 27.7 Å². The Balaban J connectivity index is 3.06. The second-order valence-corrected chi connectivity index (χ2v) is 3.87. The summed E-state index contributed by atoms with van der Waals surface area (Å²) in [6.45, 7) is 8.02. The topological polar surface area (TPSA) is 39.8 Å². The van der Waals surface area contributed by atoms with Gasteiger partial charge in [0, 0.05) is 11.8 Å². The molecule has 0 aliphatic heterocycles. The lowest BCUT2D eigenvalue weighted by atomic mass is 10.1. The zero-order valence-electron chi connectivity index (χ0n) is 8.61. The summed E-state index contributed by atoms with van der Waals surface area (Å²) in [6.07, 6.45) is 3.24. The Kier molecular flexibility index (Phi) is 2.86. The first-order chi connectivity index (χ1) is 6.02. The Morgan fingerprint density at radius 2 is 1.85 bits per heavy atom. The fourth-order valence-corrected chi connectivity index (χ4v) is 1.13. The quantitative estimate of drug-likeness (QED) is 0.515. The van der Waals surface area contributed by atoms with Gasteiger partial charge in [-0.05, 0) is 0 Å². The highest BCUT2D eigenvalue weighted by molar-refractivity contribution is 5.02. The Morgan fingerprint density at radius 3 is 2.23 bits per heavy atom. The maximum absolute atomic E-state index is 11.5. The molecule has 0 atom stereocenters. The maximum atomic E-state index is 11.5. The van der Waals surface area contributed by atoms with E-state index in [1.165, 1.54) is 0 Å². The lowest BCUT2D eigenvalue weighted by Crippen LogP contribution is -2.33. The van der Waals surface area contributed by atoms with E-state index in [9.17, 15) is 5.21 Å². The van der Waals surface area contributed by atoms with Crippen molar-refractivity contribution in [3.8, 4) is 0 Å². The van der Waals surface area contributed by atoms with Crippen molar-refractivity contribution in [2.45, 2.75) is 39.5 Å². The largest absolute Gasteiger partial charge is 0.618 e. The van der Waals surface area contributed by atoms with Crippen molar-refractivity contribution in [3.05, 3.63) is 29.0 Å². The van der Waals surface area contributed by atoms with Crippen LogP contribution in [0.25, 0.3) is 0 Å². The summed E-state index contributed by atoms with van der Waals surface area (Å²) in [4.78, 5) is 4.24. The van der Waals surface area contributed by atoms with Crippen LogP contribution in [0.2, 0.25) is 0 Å². The van der Waals surface area contributed by atoms with Crippen molar-refractivity contribution in [2.75, 3.05) is 0 Å². The van der Waals surface area contributed by atoms with Crippen LogP contribution in [0, 0.1) is 5.21 Å². The van der Waals surface area contributed by atoms with Crippen LogP contribution in [0.1, 0.15) is 50.9 Å². The minimum Gasteiger partial charge on any atom is -0.618 e. The molecular formula is C10H16N2O. The van der Waals surface area contributed by atoms with Crippen LogP contribution in [-0.2, 0) is 0 Å². The summed E-state index contributed by atoms with van der Waals surface area (Å²) in [5.41, 5.74) is 1.57. The molecule has 0 amide bonds. The molecule has 1 heterocycles. The molecule has 0 unspecified atom stereocenters. The van der Waals surface area contributed by atoms with Crippen LogP contribution in [-0.4, -0.2) is 4.98 Å². The zero-order chi connectivity index (χ0) is 10.0. The predicted octanol–water partition coefficient (Wildman–Crippen LogP) is 1.96. The average Bonchev–Trinajstić information content (AvgIpc) is 2.03. The second kappa shape index (κ2) is 3.73. The molecule has 3 nitrogen and oxygen atoms in total. The zero-order valence-corrected chi connectivity index (χ0v) is 8.61. The molecule has 0 spiro atoms. The Bertz CT molecular complexity index is 295. The molecule has 0 aliphatic rings. The number of hydrogen-bond acceptors (Lipinski definition) is 2. The molecule has 1 aromatic rings. The van der Waals surface area contributed by atoms with Crippen molar-refractivity contribution in [1.29, 1.82) is 0 Å². The Labute approximate surface area is 79.0 Å². The Hall–Kier alpha value is -1.12. The summed E-state index contributed by atoms with van der Waals surface area (Å²) >= 11 is 0. The van der Waals surface area contributed by atoms with Gasteiger partial charge in [-0.25, -0.2) is 4.98 Å². The van der Waals surface area contributed by atoms with E-state index in [-0.39, 0.29) is 5.92 Å². The maximum Gasteiger partial charge on any atom is 0.213 e. The number of rotatable bonds is 2. The van der Waals surface area contributed by atoms with E-state index in [2.05, 4.69) is 4.98 Å². The molecule has 0 aromatic carbocycles. The lowest BCUT2D eigenvalue weighted by molar-refractivity contribution is -0.616. The smallest absolute Gasteiger partial charge is 0.213 e. The van der Waals surface area contributed by atoms with Crippen LogP contribution in [0.4, 0.5) is 0 Å². The summed E-state index contributed by atoms with van der Waals surface area (Å²) in [5.74, 6) is 0.535. The first kappa shape index (κ1) is 9.96. The van der Waals surface area contributed by atoms with Crippen molar-refractivity contribution in [3.63, 3.8) is 0 Å². The first-order valence-electron chi connectivity index (χ1n) is 4.61. The molecule has 1 rings (SSSR count). The van der Waals surface area contributed by atoms with E-state index in [4.69, 9.17) is 0 Å². The summed E-state index contributed by atoms with van der Waals surface area (Å²) < 4.78 is 0.924. The minimum atomic E-state index is 0.228. The van der Waals surface area contributed by atoms with Gasteiger partial charge < -0.3 is 5.21 Å². The van der Waals surface area contributed by atoms with Crippen LogP contribution < -0.4 is 4.73 Å². The molecule has 0 bridgehead atoms.